The lowest BCUT2D eigenvalue weighted by atomic mass is 10.1. The molecule has 7 nitrogen and oxygen atoms in total. The molecule has 0 atom stereocenters. The maximum atomic E-state index is 12.9. The molecule has 0 aliphatic rings. The van der Waals surface area contributed by atoms with Gasteiger partial charge in [0.25, 0.3) is 5.91 Å². The highest BCUT2D eigenvalue weighted by Gasteiger charge is 2.15. The van der Waals surface area contributed by atoms with Crippen molar-refractivity contribution in [2.75, 3.05) is 11.9 Å². The first-order chi connectivity index (χ1) is 20.0. The molecule has 0 aromatic heterocycles. The number of benzene rings is 4. The summed E-state index contributed by atoms with van der Waals surface area (Å²) in [5.41, 5.74) is 3.34. The van der Waals surface area contributed by atoms with Crippen molar-refractivity contribution >= 4 is 33.6 Å². The molecule has 0 saturated heterocycles. The highest BCUT2D eigenvalue weighted by molar-refractivity contribution is 9.10. The molecule has 41 heavy (non-hydrogen) atoms. The van der Waals surface area contributed by atoms with Crippen molar-refractivity contribution in [2.24, 2.45) is 0 Å². The number of nitriles is 2. The minimum absolute atomic E-state index is 0.0830. The van der Waals surface area contributed by atoms with Gasteiger partial charge >= 0.3 is 0 Å². The summed E-state index contributed by atoms with van der Waals surface area (Å²) in [6.45, 7) is 2.82. The van der Waals surface area contributed by atoms with E-state index in [1.807, 2.05) is 55.5 Å². The Morgan fingerprint density at radius 1 is 0.902 bits per heavy atom. The second-order valence-electron chi connectivity index (χ2n) is 8.74. The SMILES string of the molecule is CCOc1cc(/C=C(\C#N)C(=O)Nc2ccc(OCc3ccccc3)cc2)cc(Br)c1OCc1ccccc1C#N. The molecular weight excluding hydrogens is 582 g/mol. The number of carbonyl (C=O) groups is 1. The van der Waals surface area contributed by atoms with Crippen molar-refractivity contribution in [1.29, 1.82) is 10.5 Å². The number of nitrogens with zero attached hydrogens (tertiary/aromatic N) is 2. The van der Waals surface area contributed by atoms with Gasteiger partial charge in [-0.25, -0.2) is 0 Å². The van der Waals surface area contributed by atoms with Crippen LogP contribution in [0.2, 0.25) is 0 Å². The number of ether oxygens (including phenoxy) is 3. The largest absolute Gasteiger partial charge is 0.490 e. The van der Waals surface area contributed by atoms with Gasteiger partial charge in [-0.05, 0) is 82.5 Å². The summed E-state index contributed by atoms with van der Waals surface area (Å²) in [6, 6.07) is 31.5. The van der Waals surface area contributed by atoms with Crippen LogP contribution in [0.25, 0.3) is 6.08 Å². The lowest BCUT2D eigenvalue weighted by molar-refractivity contribution is -0.112. The number of hydrogen-bond donors (Lipinski definition) is 1. The second-order valence-corrected chi connectivity index (χ2v) is 9.60. The molecule has 0 saturated carbocycles. The van der Waals surface area contributed by atoms with Crippen LogP contribution >= 0.6 is 15.9 Å². The average molecular weight is 608 g/mol. The number of carbonyl (C=O) groups excluding carboxylic acids is 1. The van der Waals surface area contributed by atoms with Crippen LogP contribution in [0, 0.1) is 22.7 Å². The molecule has 204 valence electrons. The van der Waals surface area contributed by atoms with E-state index in [1.54, 1.807) is 48.5 Å². The topological polar surface area (TPSA) is 104 Å². The van der Waals surface area contributed by atoms with Gasteiger partial charge in [-0.1, -0.05) is 48.5 Å². The van der Waals surface area contributed by atoms with E-state index in [0.29, 0.717) is 51.7 Å². The Morgan fingerprint density at radius 3 is 2.34 bits per heavy atom. The zero-order valence-corrected chi connectivity index (χ0v) is 23.9. The molecule has 0 heterocycles. The van der Waals surface area contributed by atoms with Crippen LogP contribution in [0.5, 0.6) is 17.2 Å². The van der Waals surface area contributed by atoms with Crippen molar-refractivity contribution < 1.29 is 19.0 Å². The molecule has 4 rings (SSSR count). The molecule has 1 N–H and O–H groups in total. The molecule has 1 amide bonds. The second kappa shape index (κ2) is 14.4. The monoisotopic (exact) mass is 607 g/mol. The molecule has 0 spiro atoms. The van der Waals surface area contributed by atoms with Gasteiger partial charge in [0.05, 0.1) is 22.7 Å². The van der Waals surface area contributed by atoms with Crippen LogP contribution in [-0.2, 0) is 18.0 Å². The first-order valence-electron chi connectivity index (χ1n) is 12.8. The Hall–Kier alpha value is -5.05. The number of halogens is 1. The zero-order valence-electron chi connectivity index (χ0n) is 22.3. The summed E-state index contributed by atoms with van der Waals surface area (Å²) >= 11 is 3.52. The van der Waals surface area contributed by atoms with Gasteiger partial charge < -0.3 is 19.5 Å². The number of amides is 1. The maximum Gasteiger partial charge on any atom is 0.266 e. The predicted molar refractivity (Wildman–Crippen MR) is 160 cm³/mol. The molecule has 0 unspecified atom stereocenters. The minimum atomic E-state index is -0.548. The number of nitrogens with one attached hydrogen (secondary N) is 1. The average Bonchev–Trinajstić information content (AvgIpc) is 3.00. The van der Waals surface area contributed by atoms with E-state index < -0.39 is 5.91 Å². The van der Waals surface area contributed by atoms with E-state index in [1.165, 1.54) is 6.08 Å². The summed E-state index contributed by atoms with van der Waals surface area (Å²) in [6.07, 6.45) is 1.48. The van der Waals surface area contributed by atoms with E-state index in [9.17, 15) is 15.3 Å². The Kier molecular flexibility index (Phi) is 10.1. The van der Waals surface area contributed by atoms with Crippen LogP contribution in [0.1, 0.15) is 29.2 Å². The summed E-state index contributed by atoms with van der Waals surface area (Å²) in [4.78, 5) is 12.9. The van der Waals surface area contributed by atoms with Crippen molar-refractivity contribution in [2.45, 2.75) is 20.1 Å². The lowest BCUT2D eigenvalue weighted by Gasteiger charge is -2.15. The molecule has 0 bridgehead atoms. The summed E-state index contributed by atoms with van der Waals surface area (Å²) in [7, 11) is 0. The van der Waals surface area contributed by atoms with Gasteiger partial charge in [0.15, 0.2) is 11.5 Å². The van der Waals surface area contributed by atoms with Gasteiger partial charge in [0, 0.05) is 11.3 Å². The third kappa shape index (κ3) is 7.98. The number of rotatable bonds is 11. The Bertz CT molecular complexity index is 1620. The molecule has 4 aromatic carbocycles. The lowest BCUT2D eigenvalue weighted by Crippen LogP contribution is -2.13. The first-order valence-corrected chi connectivity index (χ1v) is 13.6. The maximum absolute atomic E-state index is 12.9. The highest BCUT2D eigenvalue weighted by atomic mass is 79.9. The first kappa shape index (κ1) is 28.9. The van der Waals surface area contributed by atoms with E-state index >= 15 is 0 Å². The van der Waals surface area contributed by atoms with Crippen LogP contribution in [0.15, 0.2) is 101 Å². The van der Waals surface area contributed by atoms with Gasteiger partial charge in [-0.2, -0.15) is 10.5 Å². The summed E-state index contributed by atoms with van der Waals surface area (Å²) < 4.78 is 18.2. The van der Waals surface area contributed by atoms with Crippen LogP contribution in [-0.4, -0.2) is 12.5 Å². The predicted octanol–water partition coefficient (Wildman–Crippen LogP) is 7.42. The van der Waals surface area contributed by atoms with Crippen molar-refractivity contribution in [3.63, 3.8) is 0 Å². The molecular formula is C33H26BrN3O4. The smallest absolute Gasteiger partial charge is 0.266 e. The van der Waals surface area contributed by atoms with Crippen LogP contribution in [0.4, 0.5) is 5.69 Å². The Morgan fingerprint density at radius 2 is 1.63 bits per heavy atom. The fourth-order valence-corrected chi connectivity index (χ4v) is 4.44. The van der Waals surface area contributed by atoms with E-state index in [2.05, 4.69) is 27.3 Å². The molecule has 0 radical (unpaired) electrons. The molecule has 4 aromatic rings. The number of anilines is 1. The Labute approximate surface area is 247 Å². The van der Waals surface area contributed by atoms with Gasteiger partial charge in [-0.15, -0.1) is 0 Å². The normalized spacial score (nSPS) is 10.7. The van der Waals surface area contributed by atoms with Crippen molar-refractivity contribution in [3.8, 4) is 29.4 Å². The molecule has 0 aliphatic heterocycles. The zero-order chi connectivity index (χ0) is 29.0. The quantitative estimate of drug-likeness (QED) is 0.140. The van der Waals surface area contributed by atoms with E-state index in [-0.39, 0.29) is 12.2 Å². The van der Waals surface area contributed by atoms with Gasteiger partial charge in [-0.3, -0.25) is 4.79 Å². The Balaban J connectivity index is 1.46. The fraction of sp³-hybridized carbons (Fsp3) is 0.121. The molecule has 8 heteroatoms. The van der Waals surface area contributed by atoms with E-state index in [0.717, 1.165) is 11.1 Å². The summed E-state index contributed by atoms with van der Waals surface area (Å²) in [5.74, 6) is 1.00. The van der Waals surface area contributed by atoms with E-state index in [4.69, 9.17) is 14.2 Å². The van der Waals surface area contributed by atoms with Crippen molar-refractivity contribution in [1.82, 2.24) is 0 Å². The van der Waals surface area contributed by atoms with Gasteiger partial charge in [0.1, 0.15) is 30.6 Å². The van der Waals surface area contributed by atoms with Crippen LogP contribution < -0.4 is 19.5 Å². The minimum Gasteiger partial charge on any atom is -0.490 e. The molecule has 0 fully saturated rings. The third-order valence-corrected chi connectivity index (χ3v) is 6.47. The standard InChI is InChI=1S/C33H26BrN3O4/c1-2-39-31-18-24(17-30(34)32(31)41-22-26-11-7-6-10-25(26)19-35)16-27(20-36)33(38)37-28-12-14-29(15-13-28)40-21-23-8-4-3-5-9-23/h3-18H,2,21-22H2,1H3,(H,37,38)/b27-16+. The molecule has 0 aliphatic carbocycles. The van der Waals surface area contributed by atoms with Crippen molar-refractivity contribution in [3.05, 3.63) is 123 Å². The fourth-order valence-electron chi connectivity index (χ4n) is 3.87. The number of hydrogen-bond acceptors (Lipinski definition) is 6. The third-order valence-electron chi connectivity index (χ3n) is 5.88. The highest BCUT2D eigenvalue weighted by Crippen LogP contribution is 2.38. The summed E-state index contributed by atoms with van der Waals surface area (Å²) in [5, 5.41) is 21.8. The van der Waals surface area contributed by atoms with Crippen LogP contribution in [0.3, 0.4) is 0 Å². The van der Waals surface area contributed by atoms with Gasteiger partial charge in [0.2, 0.25) is 0 Å².